The Bertz CT molecular complexity index is 617. The zero-order valence-corrected chi connectivity index (χ0v) is 12.5. The Labute approximate surface area is 125 Å². The fourth-order valence-electron chi connectivity index (χ4n) is 2.40. The molecule has 0 aliphatic carbocycles. The minimum absolute atomic E-state index is 0.0295. The minimum atomic E-state index is -0.0921. The molecule has 1 aliphatic rings. The predicted octanol–water partition coefficient (Wildman–Crippen LogP) is 4.63. The molecule has 19 heavy (non-hydrogen) atoms. The Kier molecular flexibility index (Phi) is 3.52. The third kappa shape index (κ3) is 2.50. The van der Waals surface area contributed by atoms with Crippen LogP contribution in [0, 0.1) is 0 Å². The van der Waals surface area contributed by atoms with Crippen molar-refractivity contribution in [1.29, 1.82) is 0 Å². The average molecular weight is 339 g/mol. The molecule has 0 bridgehead atoms. The van der Waals surface area contributed by atoms with Gasteiger partial charge in [-0.2, -0.15) is 0 Å². The first-order valence-corrected chi connectivity index (χ1v) is 7.28. The van der Waals surface area contributed by atoms with Crippen molar-refractivity contribution in [2.24, 2.45) is 5.73 Å². The molecule has 0 radical (unpaired) electrons. The zero-order chi connectivity index (χ0) is 13.4. The van der Waals surface area contributed by atoms with Gasteiger partial charge in [-0.1, -0.05) is 51.8 Å². The lowest BCUT2D eigenvalue weighted by molar-refractivity contribution is 0.161. The summed E-state index contributed by atoms with van der Waals surface area (Å²) in [5.41, 5.74) is 8.27. The molecule has 1 heterocycles. The highest BCUT2D eigenvalue weighted by Gasteiger charge is 2.28. The second-order valence-electron chi connectivity index (χ2n) is 4.65. The molecule has 2 atom stereocenters. The van der Waals surface area contributed by atoms with Gasteiger partial charge < -0.3 is 10.5 Å². The first-order chi connectivity index (χ1) is 9.15. The second kappa shape index (κ2) is 5.16. The van der Waals surface area contributed by atoms with Gasteiger partial charge in [0.15, 0.2) is 0 Å². The van der Waals surface area contributed by atoms with E-state index >= 15 is 0 Å². The van der Waals surface area contributed by atoms with Crippen molar-refractivity contribution in [3.63, 3.8) is 0 Å². The third-order valence-corrected chi connectivity index (χ3v) is 4.20. The predicted molar refractivity (Wildman–Crippen MR) is 80.5 cm³/mol. The van der Waals surface area contributed by atoms with Crippen LogP contribution < -0.4 is 10.5 Å². The molecule has 0 saturated carbocycles. The monoisotopic (exact) mass is 337 g/mol. The summed E-state index contributed by atoms with van der Waals surface area (Å²) in [4.78, 5) is 0. The maximum absolute atomic E-state index is 6.24. The van der Waals surface area contributed by atoms with Gasteiger partial charge in [0.2, 0.25) is 0 Å². The summed E-state index contributed by atoms with van der Waals surface area (Å²) in [7, 11) is 0. The van der Waals surface area contributed by atoms with Crippen LogP contribution in [-0.2, 0) is 0 Å². The number of ether oxygens (including phenoxy) is 1. The van der Waals surface area contributed by atoms with E-state index in [0.29, 0.717) is 0 Å². The van der Waals surface area contributed by atoms with Crippen LogP contribution in [-0.4, -0.2) is 0 Å². The molecule has 0 amide bonds. The van der Waals surface area contributed by atoms with Gasteiger partial charge in [0.1, 0.15) is 11.9 Å². The Balaban J connectivity index is 1.99. The van der Waals surface area contributed by atoms with E-state index in [4.69, 9.17) is 22.1 Å². The summed E-state index contributed by atoms with van der Waals surface area (Å²) in [6.07, 6.45) is 0.642. The summed E-state index contributed by atoms with van der Waals surface area (Å²) in [6.45, 7) is 0. The summed E-state index contributed by atoms with van der Waals surface area (Å²) in [5, 5.41) is 0.721. The molecule has 0 aromatic heterocycles. The van der Waals surface area contributed by atoms with Crippen molar-refractivity contribution in [3.05, 3.63) is 63.1 Å². The third-order valence-electron chi connectivity index (χ3n) is 3.36. The molecule has 4 heteroatoms. The van der Waals surface area contributed by atoms with Gasteiger partial charge in [-0.15, -0.1) is 0 Å². The van der Waals surface area contributed by atoms with Gasteiger partial charge in [-0.05, 0) is 18.2 Å². The number of benzene rings is 2. The van der Waals surface area contributed by atoms with Crippen LogP contribution in [0.5, 0.6) is 5.75 Å². The smallest absolute Gasteiger partial charge is 0.127 e. The molecule has 0 saturated heterocycles. The molecule has 0 fully saturated rings. The van der Waals surface area contributed by atoms with E-state index in [2.05, 4.69) is 15.9 Å². The Morgan fingerprint density at radius 2 is 1.95 bits per heavy atom. The molecular formula is C15H13BrClNO. The Morgan fingerprint density at radius 3 is 2.74 bits per heavy atom. The minimum Gasteiger partial charge on any atom is -0.485 e. The molecule has 3 rings (SSSR count). The van der Waals surface area contributed by atoms with E-state index in [-0.39, 0.29) is 12.1 Å². The number of halogens is 2. The summed E-state index contributed by atoms with van der Waals surface area (Å²) in [5.74, 6) is 0.832. The molecule has 98 valence electrons. The van der Waals surface area contributed by atoms with Crippen molar-refractivity contribution in [2.45, 2.75) is 18.6 Å². The van der Waals surface area contributed by atoms with Crippen LogP contribution in [0.4, 0.5) is 0 Å². The quantitative estimate of drug-likeness (QED) is 0.823. The van der Waals surface area contributed by atoms with Gasteiger partial charge in [0.25, 0.3) is 0 Å². The Hall–Kier alpha value is -1.03. The highest BCUT2D eigenvalue weighted by Crippen LogP contribution is 2.42. The van der Waals surface area contributed by atoms with Gasteiger partial charge in [0.05, 0.1) is 0 Å². The van der Waals surface area contributed by atoms with E-state index < -0.39 is 0 Å². The SMILES string of the molecule is N[C@@H]1CC(c2ccccc2Cl)Oc2cc(Br)ccc21. The van der Waals surface area contributed by atoms with Crippen molar-refractivity contribution >= 4 is 27.5 Å². The second-order valence-corrected chi connectivity index (χ2v) is 5.98. The van der Waals surface area contributed by atoms with E-state index in [9.17, 15) is 0 Å². The molecule has 2 aromatic carbocycles. The standard InChI is InChI=1S/C15H13BrClNO/c16-9-5-6-11-13(18)8-15(19-14(11)7-9)10-3-1-2-4-12(10)17/h1-7,13,15H,8,18H2/t13-,15?/m1/s1. The van der Waals surface area contributed by atoms with E-state index in [1.54, 1.807) is 0 Å². The van der Waals surface area contributed by atoms with Crippen molar-refractivity contribution in [2.75, 3.05) is 0 Å². The van der Waals surface area contributed by atoms with E-state index in [0.717, 1.165) is 32.8 Å². The molecule has 1 unspecified atom stereocenters. The van der Waals surface area contributed by atoms with E-state index in [1.165, 1.54) is 0 Å². The summed E-state index contributed by atoms with van der Waals surface area (Å²) in [6, 6.07) is 13.7. The maximum atomic E-state index is 6.24. The van der Waals surface area contributed by atoms with Crippen LogP contribution in [0.1, 0.15) is 29.7 Å². The summed E-state index contributed by atoms with van der Waals surface area (Å²) >= 11 is 9.69. The highest BCUT2D eigenvalue weighted by molar-refractivity contribution is 9.10. The van der Waals surface area contributed by atoms with Crippen LogP contribution in [0.25, 0.3) is 0 Å². The lowest BCUT2D eigenvalue weighted by Gasteiger charge is -2.31. The number of hydrogen-bond donors (Lipinski definition) is 1. The fraction of sp³-hybridized carbons (Fsp3) is 0.200. The molecular weight excluding hydrogens is 326 g/mol. The fourth-order valence-corrected chi connectivity index (χ4v) is 3.00. The molecule has 1 aliphatic heterocycles. The molecule has 2 aromatic rings. The van der Waals surface area contributed by atoms with Gasteiger partial charge in [-0.25, -0.2) is 0 Å². The lowest BCUT2D eigenvalue weighted by Crippen LogP contribution is -2.24. The first kappa shape index (κ1) is 13.0. The van der Waals surface area contributed by atoms with Gasteiger partial charge in [-0.3, -0.25) is 0 Å². The first-order valence-electron chi connectivity index (χ1n) is 6.11. The molecule has 2 N–H and O–H groups in total. The maximum Gasteiger partial charge on any atom is 0.127 e. The molecule has 0 spiro atoms. The van der Waals surface area contributed by atoms with Crippen LogP contribution in [0.15, 0.2) is 46.9 Å². The largest absolute Gasteiger partial charge is 0.485 e. The van der Waals surface area contributed by atoms with Crippen LogP contribution in [0.2, 0.25) is 5.02 Å². The number of fused-ring (bicyclic) bond motifs is 1. The van der Waals surface area contributed by atoms with Gasteiger partial charge >= 0.3 is 0 Å². The Morgan fingerprint density at radius 1 is 1.16 bits per heavy atom. The van der Waals surface area contributed by atoms with Crippen molar-refractivity contribution in [3.8, 4) is 5.75 Å². The van der Waals surface area contributed by atoms with Gasteiger partial charge in [0, 0.05) is 33.1 Å². The summed E-state index contributed by atoms with van der Waals surface area (Å²) < 4.78 is 7.04. The normalized spacial score (nSPS) is 21.6. The van der Waals surface area contributed by atoms with Crippen LogP contribution in [0.3, 0.4) is 0 Å². The van der Waals surface area contributed by atoms with Crippen LogP contribution >= 0.6 is 27.5 Å². The number of rotatable bonds is 1. The number of nitrogens with two attached hydrogens (primary N) is 1. The molecule has 2 nitrogen and oxygen atoms in total. The van der Waals surface area contributed by atoms with E-state index in [1.807, 2.05) is 42.5 Å². The van der Waals surface area contributed by atoms with Crippen molar-refractivity contribution in [1.82, 2.24) is 0 Å². The number of hydrogen-bond acceptors (Lipinski definition) is 2. The van der Waals surface area contributed by atoms with Crippen molar-refractivity contribution < 1.29 is 4.74 Å². The zero-order valence-electron chi connectivity index (χ0n) is 10.1. The average Bonchev–Trinajstić information content (AvgIpc) is 2.38. The lowest BCUT2D eigenvalue weighted by atomic mass is 9.93. The highest BCUT2D eigenvalue weighted by atomic mass is 79.9. The topological polar surface area (TPSA) is 35.2 Å².